The first kappa shape index (κ1) is 14.4. The predicted molar refractivity (Wildman–Crippen MR) is 71.6 cm³/mol. The number of benzene rings is 1. The summed E-state index contributed by atoms with van der Waals surface area (Å²) < 4.78 is 39.6. The van der Waals surface area contributed by atoms with Crippen molar-refractivity contribution in [2.75, 3.05) is 5.73 Å². The number of rotatable bonds is 4. The van der Waals surface area contributed by atoms with Crippen LogP contribution in [0.25, 0.3) is 0 Å². The third-order valence-electron chi connectivity index (χ3n) is 2.56. The van der Waals surface area contributed by atoms with Crippen LogP contribution in [0, 0.1) is 12.7 Å². The number of hydrogen-bond acceptors (Lipinski definition) is 5. The van der Waals surface area contributed by atoms with Gasteiger partial charge in [-0.2, -0.15) is 0 Å². The molecule has 0 aliphatic heterocycles. The topological polar surface area (TPSA) is 98.0 Å². The molecule has 106 valence electrons. The van der Waals surface area contributed by atoms with Crippen LogP contribution in [0.15, 0.2) is 35.4 Å². The number of aromatic nitrogens is 2. The highest BCUT2D eigenvalue weighted by molar-refractivity contribution is 7.89. The molecule has 6 nitrogen and oxygen atoms in total. The maximum Gasteiger partial charge on any atom is 0.241 e. The van der Waals surface area contributed by atoms with E-state index < -0.39 is 15.8 Å². The molecule has 0 saturated carbocycles. The summed E-state index contributed by atoms with van der Waals surface area (Å²) >= 11 is 0. The highest BCUT2D eigenvalue weighted by Gasteiger charge is 2.15. The minimum atomic E-state index is -3.82. The largest absolute Gasteiger partial charge is 0.396 e. The van der Waals surface area contributed by atoms with Crippen LogP contribution in [0.4, 0.5) is 10.1 Å². The van der Waals surface area contributed by atoms with Crippen LogP contribution >= 0.6 is 0 Å². The summed E-state index contributed by atoms with van der Waals surface area (Å²) in [6.07, 6.45) is 1.54. The van der Waals surface area contributed by atoms with Gasteiger partial charge in [-0.1, -0.05) is 0 Å². The second kappa shape index (κ2) is 5.51. The molecule has 0 aliphatic rings. The van der Waals surface area contributed by atoms with Crippen molar-refractivity contribution in [3.05, 3.63) is 47.8 Å². The van der Waals surface area contributed by atoms with E-state index >= 15 is 0 Å². The molecule has 1 aromatic carbocycles. The lowest BCUT2D eigenvalue weighted by Crippen LogP contribution is -2.24. The first-order valence-electron chi connectivity index (χ1n) is 5.72. The van der Waals surface area contributed by atoms with E-state index in [1.807, 2.05) is 0 Å². The molecule has 1 heterocycles. The standard InChI is InChI=1S/C12H13FN4O2S/c1-8-15-5-4-9(17-8)7-16-20(18,19)10-2-3-12(14)11(13)6-10/h2-6,16H,7,14H2,1H3. The van der Waals surface area contributed by atoms with Gasteiger partial charge in [0.15, 0.2) is 0 Å². The fourth-order valence-corrected chi connectivity index (χ4v) is 2.54. The molecule has 3 N–H and O–H groups in total. The molecule has 0 radical (unpaired) electrons. The summed E-state index contributed by atoms with van der Waals surface area (Å²) in [5, 5.41) is 0. The van der Waals surface area contributed by atoms with Gasteiger partial charge in [-0.25, -0.2) is 27.5 Å². The molecule has 0 saturated heterocycles. The first-order chi connectivity index (χ1) is 9.38. The summed E-state index contributed by atoms with van der Waals surface area (Å²) in [4.78, 5) is 7.80. The predicted octanol–water partition coefficient (Wildman–Crippen LogP) is 0.985. The molecule has 1 aromatic heterocycles. The van der Waals surface area contributed by atoms with Crippen LogP contribution in [0.1, 0.15) is 11.5 Å². The maximum absolute atomic E-state index is 13.3. The molecule has 2 rings (SSSR count). The Labute approximate surface area is 115 Å². The van der Waals surface area contributed by atoms with E-state index in [0.717, 1.165) is 6.07 Å². The average molecular weight is 296 g/mol. The van der Waals surface area contributed by atoms with Crippen molar-refractivity contribution in [3.63, 3.8) is 0 Å². The highest BCUT2D eigenvalue weighted by Crippen LogP contribution is 2.16. The summed E-state index contributed by atoms with van der Waals surface area (Å²) in [6, 6.07) is 4.92. The highest BCUT2D eigenvalue weighted by atomic mass is 32.2. The van der Waals surface area contributed by atoms with Gasteiger partial charge in [0, 0.05) is 6.20 Å². The summed E-state index contributed by atoms with van der Waals surface area (Å²) in [6.45, 7) is 1.70. The zero-order valence-electron chi connectivity index (χ0n) is 10.7. The second-order valence-corrected chi connectivity index (χ2v) is 5.87. The van der Waals surface area contributed by atoms with Crippen LogP contribution in [0.2, 0.25) is 0 Å². The normalized spacial score (nSPS) is 11.5. The van der Waals surface area contributed by atoms with Gasteiger partial charge in [0.05, 0.1) is 22.8 Å². The number of aryl methyl sites for hydroxylation is 1. The van der Waals surface area contributed by atoms with E-state index in [-0.39, 0.29) is 17.1 Å². The lowest BCUT2D eigenvalue weighted by atomic mass is 10.3. The van der Waals surface area contributed by atoms with Gasteiger partial charge in [0.25, 0.3) is 0 Å². The minimum Gasteiger partial charge on any atom is -0.396 e. The zero-order valence-corrected chi connectivity index (χ0v) is 11.5. The maximum atomic E-state index is 13.3. The zero-order chi connectivity index (χ0) is 14.8. The van der Waals surface area contributed by atoms with Gasteiger partial charge in [-0.15, -0.1) is 0 Å². The molecule has 0 atom stereocenters. The molecule has 0 unspecified atom stereocenters. The van der Waals surface area contributed by atoms with Crippen LogP contribution in [0.3, 0.4) is 0 Å². The van der Waals surface area contributed by atoms with Crippen molar-refractivity contribution in [1.82, 2.24) is 14.7 Å². The van der Waals surface area contributed by atoms with Gasteiger partial charge in [-0.05, 0) is 31.2 Å². The first-order valence-corrected chi connectivity index (χ1v) is 7.20. The quantitative estimate of drug-likeness (QED) is 0.820. The number of nitrogens with two attached hydrogens (primary N) is 1. The van der Waals surface area contributed by atoms with Gasteiger partial charge >= 0.3 is 0 Å². The molecular formula is C12H13FN4O2S. The van der Waals surface area contributed by atoms with Crippen molar-refractivity contribution in [3.8, 4) is 0 Å². The smallest absolute Gasteiger partial charge is 0.241 e. The van der Waals surface area contributed by atoms with Crippen molar-refractivity contribution in [2.45, 2.75) is 18.4 Å². The Balaban J connectivity index is 2.17. The number of nitrogens with one attached hydrogen (secondary N) is 1. The molecule has 0 spiro atoms. The summed E-state index contributed by atoms with van der Waals surface area (Å²) in [5.74, 6) is -0.231. The summed E-state index contributed by atoms with van der Waals surface area (Å²) in [7, 11) is -3.82. The monoisotopic (exact) mass is 296 g/mol. The van der Waals surface area contributed by atoms with Gasteiger partial charge in [-0.3, -0.25) is 0 Å². The Morgan fingerprint density at radius 2 is 2.10 bits per heavy atom. The molecule has 0 bridgehead atoms. The Morgan fingerprint density at radius 3 is 2.75 bits per heavy atom. The number of nitrogen functional groups attached to an aromatic ring is 1. The van der Waals surface area contributed by atoms with Crippen LogP contribution in [0.5, 0.6) is 0 Å². The minimum absolute atomic E-state index is 0.00229. The van der Waals surface area contributed by atoms with E-state index in [1.54, 1.807) is 13.0 Å². The number of hydrogen-bond donors (Lipinski definition) is 2. The Hall–Kier alpha value is -2.06. The molecule has 0 fully saturated rings. The van der Waals surface area contributed by atoms with E-state index in [9.17, 15) is 12.8 Å². The van der Waals surface area contributed by atoms with Gasteiger partial charge in [0.2, 0.25) is 10.0 Å². The lowest BCUT2D eigenvalue weighted by molar-refractivity contribution is 0.577. The SMILES string of the molecule is Cc1nccc(CNS(=O)(=O)c2ccc(N)c(F)c2)n1. The Kier molecular flexibility index (Phi) is 3.96. The molecule has 8 heteroatoms. The fraction of sp³-hybridized carbons (Fsp3) is 0.167. The Morgan fingerprint density at radius 1 is 1.35 bits per heavy atom. The van der Waals surface area contributed by atoms with E-state index in [0.29, 0.717) is 11.5 Å². The van der Waals surface area contributed by atoms with E-state index in [1.165, 1.54) is 18.3 Å². The van der Waals surface area contributed by atoms with E-state index in [4.69, 9.17) is 5.73 Å². The van der Waals surface area contributed by atoms with Crippen molar-refractivity contribution in [2.24, 2.45) is 0 Å². The van der Waals surface area contributed by atoms with E-state index in [2.05, 4.69) is 14.7 Å². The average Bonchev–Trinajstić information content (AvgIpc) is 2.40. The number of sulfonamides is 1. The number of halogens is 1. The van der Waals surface area contributed by atoms with Crippen molar-refractivity contribution < 1.29 is 12.8 Å². The van der Waals surface area contributed by atoms with Crippen molar-refractivity contribution >= 4 is 15.7 Å². The Bertz CT molecular complexity index is 734. The third-order valence-corrected chi connectivity index (χ3v) is 3.96. The fourth-order valence-electron chi connectivity index (χ4n) is 1.53. The molecule has 0 amide bonds. The number of nitrogens with zero attached hydrogens (tertiary/aromatic N) is 2. The van der Waals surface area contributed by atoms with Gasteiger partial charge < -0.3 is 5.73 Å². The summed E-state index contributed by atoms with van der Waals surface area (Å²) in [5.41, 5.74) is 5.73. The van der Waals surface area contributed by atoms with Crippen LogP contribution < -0.4 is 10.5 Å². The molecule has 20 heavy (non-hydrogen) atoms. The number of anilines is 1. The lowest BCUT2D eigenvalue weighted by Gasteiger charge is -2.07. The third kappa shape index (κ3) is 3.28. The molecular weight excluding hydrogens is 283 g/mol. The molecule has 0 aliphatic carbocycles. The van der Waals surface area contributed by atoms with Gasteiger partial charge in [0.1, 0.15) is 11.6 Å². The molecule has 2 aromatic rings. The second-order valence-electron chi connectivity index (χ2n) is 4.10. The van der Waals surface area contributed by atoms with Crippen LogP contribution in [-0.2, 0) is 16.6 Å². The van der Waals surface area contributed by atoms with Crippen LogP contribution in [-0.4, -0.2) is 18.4 Å². The van der Waals surface area contributed by atoms with Crippen molar-refractivity contribution in [1.29, 1.82) is 0 Å².